The molecule has 3 heteroatoms. The Kier molecular flexibility index (Phi) is 8.35. The molecule has 2 nitrogen and oxygen atoms in total. The molecule has 1 unspecified atom stereocenters. The maximum Gasteiger partial charge on any atom is 0.0472 e. The Bertz CT molecular complexity index is 354. The molecule has 108 valence electrons. The molecular weight excluding hydrogens is 302 g/mol. The van der Waals surface area contributed by atoms with Gasteiger partial charge in [0, 0.05) is 24.2 Å². The first-order valence-electron chi connectivity index (χ1n) is 7.17. The number of hydrogen-bond donors (Lipinski definition) is 1. The van der Waals surface area contributed by atoms with E-state index in [9.17, 15) is 0 Å². The molecule has 0 aliphatic heterocycles. The van der Waals surface area contributed by atoms with Crippen molar-refractivity contribution >= 4 is 15.9 Å². The SMILES string of the molecule is CCOCCC(CNCC(C)C)c1cccc(Br)c1. The minimum Gasteiger partial charge on any atom is -0.382 e. The van der Waals surface area contributed by atoms with Crippen LogP contribution >= 0.6 is 15.9 Å². The fourth-order valence-electron chi connectivity index (χ4n) is 2.06. The first-order chi connectivity index (χ1) is 9.13. The molecule has 19 heavy (non-hydrogen) atoms. The van der Waals surface area contributed by atoms with Gasteiger partial charge in [-0.05, 0) is 49.4 Å². The van der Waals surface area contributed by atoms with E-state index < -0.39 is 0 Å². The van der Waals surface area contributed by atoms with Gasteiger partial charge in [0.1, 0.15) is 0 Å². The van der Waals surface area contributed by atoms with Crippen LogP contribution in [0.1, 0.15) is 38.7 Å². The van der Waals surface area contributed by atoms with Gasteiger partial charge in [-0.25, -0.2) is 0 Å². The molecule has 1 aromatic carbocycles. The number of halogens is 1. The average molecular weight is 328 g/mol. The molecule has 0 aliphatic carbocycles. The summed E-state index contributed by atoms with van der Waals surface area (Å²) in [6.07, 6.45) is 1.06. The van der Waals surface area contributed by atoms with Crippen LogP contribution in [0.15, 0.2) is 28.7 Å². The number of nitrogens with one attached hydrogen (secondary N) is 1. The fraction of sp³-hybridized carbons (Fsp3) is 0.625. The van der Waals surface area contributed by atoms with Gasteiger partial charge in [-0.15, -0.1) is 0 Å². The van der Waals surface area contributed by atoms with Gasteiger partial charge in [-0.3, -0.25) is 0 Å². The topological polar surface area (TPSA) is 21.3 Å². The zero-order chi connectivity index (χ0) is 14.1. The normalized spacial score (nSPS) is 12.9. The lowest BCUT2D eigenvalue weighted by Gasteiger charge is -2.19. The summed E-state index contributed by atoms with van der Waals surface area (Å²) in [6, 6.07) is 8.60. The van der Waals surface area contributed by atoms with E-state index in [1.807, 2.05) is 6.92 Å². The fourth-order valence-corrected chi connectivity index (χ4v) is 2.48. The van der Waals surface area contributed by atoms with Crippen LogP contribution < -0.4 is 5.32 Å². The van der Waals surface area contributed by atoms with Crippen molar-refractivity contribution in [2.75, 3.05) is 26.3 Å². The predicted octanol–water partition coefficient (Wildman–Crippen LogP) is 4.20. The Morgan fingerprint density at radius 1 is 1.26 bits per heavy atom. The van der Waals surface area contributed by atoms with Gasteiger partial charge in [0.25, 0.3) is 0 Å². The third-order valence-corrected chi connectivity index (χ3v) is 3.57. The number of hydrogen-bond acceptors (Lipinski definition) is 2. The van der Waals surface area contributed by atoms with Crippen molar-refractivity contribution in [1.29, 1.82) is 0 Å². The van der Waals surface area contributed by atoms with E-state index in [1.165, 1.54) is 5.56 Å². The first-order valence-corrected chi connectivity index (χ1v) is 7.96. The van der Waals surface area contributed by atoms with Crippen molar-refractivity contribution in [2.45, 2.75) is 33.1 Å². The van der Waals surface area contributed by atoms with E-state index in [0.29, 0.717) is 11.8 Å². The Labute approximate surface area is 126 Å². The number of benzene rings is 1. The smallest absolute Gasteiger partial charge is 0.0472 e. The molecular formula is C16H26BrNO. The first kappa shape index (κ1) is 16.7. The molecule has 1 rings (SSSR count). The van der Waals surface area contributed by atoms with Crippen LogP contribution in [-0.2, 0) is 4.74 Å². The van der Waals surface area contributed by atoms with Gasteiger partial charge in [-0.2, -0.15) is 0 Å². The zero-order valence-electron chi connectivity index (χ0n) is 12.3. The van der Waals surface area contributed by atoms with Crippen molar-refractivity contribution in [2.24, 2.45) is 5.92 Å². The van der Waals surface area contributed by atoms with Crippen LogP contribution in [0.4, 0.5) is 0 Å². The van der Waals surface area contributed by atoms with E-state index in [1.54, 1.807) is 0 Å². The van der Waals surface area contributed by atoms with Crippen molar-refractivity contribution in [3.63, 3.8) is 0 Å². The second-order valence-electron chi connectivity index (χ2n) is 5.29. The minimum absolute atomic E-state index is 0.516. The molecule has 0 fully saturated rings. The third-order valence-electron chi connectivity index (χ3n) is 3.08. The van der Waals surface area contributed by atoms with Crippen LogP contribution in [0.2, 0.25) is 0 Å². The standard InChI is InChI=1S/C16H26BrNO/c1-4-19-9-8-15(12-18-11-13(2)3)14-6-5-7-16(17)10-14/h5-7,10,13,15,18H,4,8-9,11-12H2,1-3H3. The van der Waals surface area contributed by atoms with Gasteiger partial charge in [0.2, 0.25) is 0 Å². The van der Waals surface area contributed by atoms with E-state index in [4.69, 9.17) is 4.74 Å². The summed E-state index contributed by atoms with van der Waals surface area (Å²) in [5.41, 5.74) is 1.38. The highest BCUT2D eigenvalue weighted by atomic mass is 79.9. The van der Waals surface area contributed by atoms with E-state index in [0.717, 1.165) is 37.2 Å². The van der Waals surface area contributed by atoms with Crippen LogP contribution in [0, 0.1) is 5.92 Å². The van der Waals surface area contributed by atoms with Gasteiger partial charge in [0.05, 0.1) is 0 Å². The summed E-state index contributed by atoms with van der Waals surface area (Å²) in [5, 5.41) is 3.56. The Balaban J connectivity index is 2.57. The number of ether oxygens (including phenoxy) is 1. The van der Waals surface area contributed by atoms with Gasteiger partial charge >= 0.3 is 0 Å². The van der Waals surface area contributed by atoms with E-state index >= 15 is 0 Å². The molecule has 0 saturated carbocycles. The second kappa shape index (κ2) is 9.51. The lowest BCUT2D eigenvalue weighted by atomic mass is 9.96. The summed E-state index contributed by atoms with van der Waals surface area (Å²) in [7, 11) is 0. The number of rotatable bonds is 9. The molecule has 0 radical (unpaired) electrons. The molecule has 0 aromatic heterocycles. The molecule has 0 amide bonds. The maximum absolute atomic E-state index is 5.50. The highest BCUT2D eigenvalue weighted by Gasteiger charge is 2.12. The summed E-state index contributed by atoms with van der Waals surface area (Å²) in [4.78, 5) is 0. The average Bonchev–Trinajstić information content (AvgIpc) is 2.37. The highest BCUT2D eigenvalue weighted by molar-refractivity contribution is 9.10. The summed E-state index contributed by atoms with van der Waals surface area (Å²) in [6.45, 7) is 10.2. The van der Waals surface area contributed by atoms with Crippen LogP contribution in [-0.4, -0.2) is 26.3 Å². The minimum atomic E-state index is 0.516. The van der Waals surface area contributed by atoms with Crippen LogP contribution in [0.3, 0.4) is 0 Å². The largest absolute Gasteiger partial charge is 0.382 e. The maximum atomic E-state index is 5.50. The van der Waals surface area contributed by atoms with Crippen molar-refractivity contribution in [3.8, 4) is 0 Å². The molecule has 0 saturated heterocycles. The van der Waals surface area contributed by atoms with Crippen molar-refractivity contribution in [3.05, 3.63) is 34.3 Å². The van der Waals surface area contributed by atoms with Gasteiger partial charge in [0.15, 0.2) is 0 Å². The molecule has 0 aliphatic rings. The van der Waals surface area contributed by atoms with Gasteiger partial charge in [-0.1, -0.05) is 41.9 Å². The Morgan fingerprint density at radius 3 is 2.68 bits per heavy atom. The summed E-state index contributed by atoms with van der Waals surface area (Å²) < 4.78 is 6.65. The quantitative estimate of drug-likeness (QED) is 0.686. The monoisotopic (exact) mass is 327 g/mol. The van der Waals surface area contributed by atoms with Crippen molar-refractivity contribution in [1.82, 2.24) is 5.32 Å². The molecule has 1 N–H and O–H groups in total. The van der Waals surface area contributed by atoms with Gasteiger partial charge < -0.3 is 10.1 Å². The molecule has 1 atom stereocenters. The molecule has 1 aromatic rings. The Morgan fingerprint density at radius 2 is 2.05 bits per heavy atom. The zero-order valence-corrected chi connectivity index (χ0v) is 13.9. The van der Waals surface area contributed by atoms with Crippen LogP contribution in [0.25, 0.3) is 0 Å². The van der Waals surface area contributed by atoms with Crippen LogP contribution in [0.5, 0.6) is 0 Å². The summed E-state index contributed by atoms with van der Waals surface area (Å²) in [5.74, 6) is 1.21. The Hall–Kier alpha value is -0.380. The van der Waals surface area contributed by atoms with E-state index in [-0.39, 0.29) is 0 Å². The molecule has 0 heterocycles. The molecule has 0 spiro atoms. The third kappa shape index (κ3) is 7.09. The lowest BCUT2D eigenvalue weighted by molar-refractivity contribution is 0.139. The van der Waals surface area contributed by atoms with E-state index in [2.05, 4.69) is 59.4 Å². The predicted molar refractivity (Wildman–Crippen MR) is 85.7 cm³/mol. The van der Waals surface area contributed by atoms with Crippen molar-refractivity contribution < 1.29 is 4.74 Å². The molecule has 0 bridgehead atoms. The second-order valence-corrected chi connectivity index (χ2v) is 6.21. The lowest BCUT2D eigenvalue weighted by Crippen LogP contribution is -2.26. The highest BCUT2D eigenvalue weighted by Crippen LogP contribution is 2.22. The summed E-state index contributed by atoms with van der Waals surface area (Å²) >= 11 is 3.55.